The summed E-state index contributed by atoms with van der Waals surface area (Å²) in [6, 6.07) is 16.7. The highest BCUT2D eigenvalue weighted by Crippen LogP contribution is 2.41. The number of fused-ring (bicyclic) bond motifs is 3. The van der Waals surface area contributed by atoms with Crippen LogP contribution in [-0.2, 0) is 10.0 Å². The minimum atomic E-state index is -3.40. The van der Waals surface area contributed by atoms with E-state index >= 15 is 0 Å². The van der Waals surface area contributed by atoms with Gasteiger partial charge >= 0.3 is 0 Å². The van der Waals surface area contributed by atoms with Gasteiger partial charge in [0.1, 0.15) is 19.0 Å². The minimum absolute atomic E-state index is 0.416. The zero-order valence-electron chi connectivity index (χ0n) is 17.5. The van der Waals surface area contributed by atoms with Crippen molar-refractivity contribution in [2.45, 2.75) is 0 Å². The lowest BCUT2D eigenvalue weighted by molar-refractivity contribution is 0.172. The van der Waals surface area contributed by atoms with Gasteiger partial charge in [-0.25, -0.2) is 13.4 Å². The van der Waals surface area contributed by atoms with E-state index in [0.29, 0.717) is 41.8 Å². The molecule has 1 aromatic heterocycles. The van der Waals surface area contributed by atoms with Crippen LogP contribution >= 0.6 is 0 Å². The summed E-state index contributed by atoms with van der Waals surface area (Å²) in [7, 11) is -1.86. The number of para-hydroxylation sites is 1. The third kappa shape index (κ3) is 3.82. The van der Waals surface area contributed by atoms with Crippen molar-refractivity contribution >= 4 is 48.9 Å². The second-order valence-corrected chi connectivity index (χ2v) is 9.18. The molecule has 5 rings (SSSR count). The Balaban J connectivity index is 1.67. The number of hydrogen-bond donors (Lipinski definition) is 2. The largest absolute Gasteiger partial charge is 0.494 e. The summed E-state index contributed by atoms with van der Waals surface area (Å²) >= 11 is 0. The van der Waals surface area contributed by atoms with E-state index in [4.69, 9.17) is 19.2 Å². The molecule has 9 heteroatoms. The van der Waals surface area contributed by atoms with Crippen molar-refractivity contribution in [3.05, 3.63) is 54.6 Å². The number of sulfonamides is 1. The molecule has 1 aliphatic heterocycles. The Kier molecular flexibility index (Phi) is 4.90. The number of nitrogens with one attached hydrogen (secondary N) is 2. The lowest BCUT2D eigenvalue weighted by Gasteiger charge is -2.21. The maximum absolute atomic E-state index is 11.6. The molecular weight excluding hydrogens is 430 g/mol. The molecule has 164 valence electrons. The van der Waals surface area contributed by atoms with Crippen molar-refractivity contribution in [1.82, 2.24) is 4.98 Å². The van der Waals surface area contributed by atoms with Gasteiger partial charge in [-0.1, -0.05) is 18.2 Å². The molecule has 0 saturated carbocycles. The van der Waals surface area contributed by atoms with Gasteiger partial charge in [-0.3, -0.25) is 4.72 Å². The first-order valence-corrected chi connectivity index (χ1v) is 11.9. The summed E-state index contributed by atoms with van der Waals surface area (Å²) in [5.74, 6) is 1.83. The maximum atomic E-state index is 11.6. The highest BCUT2D eigenvalue weighted by molar-refractivity contribution is 7.92. The molecule has 0 atom stereocenters. The molecule has 32 heavy (non-hydrogen) atoms. The van der Waals surface area contributed by atoms with Gasteiger partial charge in [0.15, 0.2) is 11.5 Å². The van der Waals surface area contributed by atoms with Crippen LogP contribution in [0.5, 0.6) is 17.2 Å². The number of pyridine rings is 1. The number of aromatic nitrogens is 1. The zero-order chi connectivity index (χ0) is 22.3. The Morgan fingerprint density at radius 2 is 1.69 bits per heavy atom. The minimum Gasteiger partial charge on any atom is -0.494 e. The van der Waals surface area contributed by atoms with Gasteiger partial charge < -0.3 is 19.5 Å². The summed E-state index contributed by atoms with van der Waals surface area (Å²) in [5.41, 5.74) is 3.53. The van der Waals surface area contributed by atoms with Crippen molar-refractivity contribution in [3.63, 3.8) is 0 Å². The van der Waals surface area contributed by atoms with Crippen LogP contribution in [0.1, 0.15) is 0 Å². The fraction of sp³-hybridized carbons (Fsp3) is 0.174. The van der Waals surface area contributed by atoms with Crippen LogP contribution in [0.3, 0.4) is 0 Å². The molecule has 2 N–H and O–H groups in total. The second kappa shape index (κ2) is 7.76. The predicted octanol–water partition coefficient (Wildman–Crippen LogP) is 4.28. The van der Waals surface area contributed by atoms with E-state index < -0.39 is 10.0 Å². The average molecular weight is 452 g/mol. The molecule has 0 amide bonds. The summed E-state index contributed by atoms with van der Waals surface area (Å²) < 4.78 is 42.7. The van der Waals surface area contributed by atoms with Gasteiger partial charge in [-0.2, -0.15) is 0 Å². The number of methoxy groups -OCH3 is 1. The van der Waals surface area contributed by atoms with E-state index in [1.165, 1.54) is 7.11 Å². The van der Waals surface area contributed by atoms with Crippen LogP contribution in [0.15, 0.2) is 54.6 Å². The van der Waals surface area contributed by atoms with Gasteiger partial charge in [0, 0.05) is 22.9 Å². The van der Waals surface area contributed by atoms with Crippen LogP contribution < -0.4 is 24.2 Å². The zero-order valence-corrected chi connectivity index (χ0v) is 18.3. The van der Waals surface area contributed by atoms with Crippen LogP contribution in [0.4, 0.5) is 17.1 Å². The molecule has 0 aliphatic carbocycles. The first-order chi connectivity index (χ1) is 15.4. The summed E-state index contributed by atoms with van der Waals surface area (Å²) in [4.78, 5) is 4.80. The number of benzene rings is 3. The van der Waals surface area contributed by atoms with E-state index in [2.05, 4.69) is 10.0 Å². The Bertz CT molecular complexity index is 1450. The summed E-state index contributed by atoms with van der Waals surface area (Å²) in [6.07, 6.45) is 1.10. The molecule has 3 aromatic carbocycles. The van der Waals surface area contributed by atoms with Crippen LogP contribution in [-0.4, -0.2) is 40.0 Å². The van der Waals surface area contributed by atoms with Crippen molar-refractivity contribution in [2.24, 2.45) is 0 Å². The molecule has 0 fully saturated rings. The number of ether oxygens (including phenoxy) is 3. The van der Waals surface area contributed by atoms with Crippen molar-refractivity contribution in [2.75, 3.05) is 36.6 Å². The second-order valence-electron chi connectivity index (χ2n) is 7.43. The lowest BCUT2D eigenvalue weighted by Crippen LogP contribution is -2.15. The highest BCUT2D eigenvalue weighted by Gasteiger charge is 2.18. The monoisotopic (exact) mass is 451 g/mol. The Morgan fingerprint density at radius 1 is 0.938 bits per heavy atom. The molecule has 2 heterocycles. The first kappa shape index (κ1) is 20.2. The van der Waals surface area contributed by atoms with Crippen molar-refractivity contribution in [3.8, 4) is 17.2 Å². The molecule has 4 aromatic rings. The third-order valence-electron chi connectivity index (χ3n) is 5.11. The van der Waals surface area contributed by atoms with Gasteiger partial charge in [0.2, 0.25) is 10.0 Å². The average Bonchev–Trinajstić information content (AvgIpc) is 2.77. The molecule has 0 bridgehead atoms. The Hall–Kier alpha value is -3.72. The topological polar surface area (TPSA) is 98.8 Å². The smallest absolute Gasteiger partial charge is 0.229 e. The maximum Gasteiger partial charge on any atom is 0.229 e. The molecular formula is C23H21N3O5S. The van der Waals surface area contributed by atoms with Crippen LogP contribution in [0, 0.1) is 0 Å². The SMILES string of the molecule is COc1cc(NS(C)(=O)=O)ccc1Nc1c2ccccc2nc2cc3c(cc12)OCCO3. The molecule has 0 spiro atoms. The third-order valence-corrected chi connectivity index (χ3v) is 5.72. The quantitative estimate of drug-likeness (QED) is 0.437. The molecule has 8 nitrogen and oxygen atoms in total. The number of anilines is 3. The van der Waals surface area contributed by atoms with Crippen LogP contribution in [0.25, 0.3) is 21.8 Å². The van der Waals surface area contributed by atoms with E-state index in [1.807, 2.05) is 36.4 Å². The molecule has 0 saturated heterocycles. The van der Waals surface area contributed by atoms with E-state index in [9.17, 15) is 8.42 Å². The predicted molar refractivity (Wildman–Crippen MR) is 125 cm³/mol. The van der Waals surface area contributed by atoms with E-state index in [1.54, 1.807) is 18.2 Å². The van der Waals surface area contributed by atoms with E-state index in [0.717, 1.165) is 33.7 Å². The highest BCUT2D eigenvalue weighted by atomic mass is 32.2. The Labute approximate surface area is 185 Å². The summed E-state index contributed by atoms with van der Waals surface area (Å²) in [6.45, 7) is 0.993. The fourth-order valence-corrected chi connectivity index (χ4v) is 4.32. The van der Waals surface area contributed by atoms with E-state index in [-0.39, 0.29) is 0 Å². The first-order valence-electron chi connectivity index (χ1n) is 9.96. The molecule has 0 radical (unpaired) electrons. The van der Waals surface area contributed by atoms with Crippen molar-refractivity contribution in [1.29, 1.82) is 0 Å². The standard InChI is InChI=1S/C23H21N3O5S/c1-29-20-11-14(26-32(2,27)28)7-8-18(20)25-23-15-5-3-4-6-17(15)24-19-13-22-21(12-16(19)23)30-9-10-31-22/h3-8,11-13,26H,9-10H2,1-2H3,(H,24,25). The summed E-state index contributed by atoms with van der Waals surface area (Å²) in [5, 5.41) is 5.26. The van der Waals surface area contributed by atoms with Gasteiger partial charge in [0.25, 0.3) is 0 Å². The van der Waals surface area contributed by atoms with Gasteiger partial charge in [-0.15, -0.1) is 0 Å². The van der Waals surface area contributed by atoms with Crippen LogP contribution in [0.2, 0.25) is 0 Å². The Morgan fingerprint density at radius 3 is 2.44 bits per heavy atom. The lowest BCUT2D eigenvalue weighted by atomic mass is 10.1. The van der Waals surface area contributed by atoms with Gasteiger partial charge in [0.05, 0.1) is 41.5 Å². The fourth-order valence-electron chi connectivity index (χ4n) is 3.77. The van der Waals surface area contributed by atoms with Gasteiger partial charge in [-0.05, 0) is 24.3 Å². The number of rotatable bonds is 5. The number of hydrogen-bond acceptors (Lipinski definition) is 7. The normalized spacial score (nSPS) is 13.2. The van der Waals surface area contributed by atoms with Crippen molar-refractivity contribution < 1.29 is 22.6 Å². The number of nitrogens with zero attached hydrogens (tertiary/aromatic N) is 1. The molecule has 0 unspecified atom stereocenters. The molecule has 1 aliphatic rings.